The number of hydrogen-bond donors (Lipinski definition) is 0. The molecule has 3 aromatic rings. The van der Waals surface area contributed by atoms with Crippen LogP contribution in [0.2, 0.25) is 0 Å². The molecule has 25 heavy (non-hydrogen) atoms. The molecule has 0 aliphatic carbocycles. The van der Waals surface area contributed by atoms with Crippen LogP contribution in [0.15, 0.2) is 59.3 Å². The minimum atomic E-state index is 0.495. The normalized spacial score (nSPS) is 12.3. The summed E-state index contributed by atoms with van der Waals surface area (Å²) in [4.78, 5) is 4.66. The average molecular weight is 397 g/mol. The summed E-state index contributed by atoms with van der Waals surface area (Å²) < 4.78 is 3.44. The van der Waals surface area contributed by atoms with Crippen molar-refractivity contribution in [2.45, 2.75) is 46.0 Å². The van der Waals surface area contributed by atoms with Gasteiger partial charge in [0.1, 0.15) is 5.82 Å². The minimum absolute atomic E-state index is 0.495. The number of halogens is 1. The first-order chi connectivity index (χ1) is 12.2. The van der Waals surface area contributed by atoms with Crippen LogP contribution in [0.4, 0.5) is 0 Å². The molecule has 2 nitrogen and oxygen atoms in total. The van der Waals surface area contributed by atoms with E-state index in [9.17, 15) is 0 Å². The van der Waals surface area contributed by atoms with Crippen molar-refractivity contribution in [3.8, 4) is 17.1 Å². The van der Waals surface area contributed by atoms with Crippen molar-refractivity contribution in [3.05, 3.63) is 70.5 Å². The molecule has 0 aliphatic heterocycles. The summed E-state index contributed by atoms with van der Waals surface area (Å²) in [7, 11) is 0. The maximum absolute atomic E-state index is 4.66. The van der Waals surface area contributed by atoms with Gasteiger partial charge in [0.25, 0.3) is 0 Å². The van der Waals surface area contributed by atoms with Crippen molar-refractivity contribution in [3.63, 3.8) is 0 Å². The van der Waals surface area contributed by atoms with Gasteiger partial charge < -0.3 is 0 Å². The highest BCUT2D eigenvalue weighted by molar-refractivity contribution is 9.10. The van der Waals surface area contributed by atoms with Crippen molar-refractivity contribution in [1.29, 1.82) is 0 Å². The third-order valence-corrected chi connectivity index (χ3v) is 5.22. The molecule has 0 spiro atoms. The molecule has 0 saturated carbocycles. The molecule has 3 rings (SSSR count). The largest absolute Gasteiger partial charge is 0.299 e. The second kappa shape index (κ2) is 8.01. The molecule has 0 radical (unpaired) electrons. The zero-order valence-corrected chi connectivity index (χ0v) is 16.8. The van der Waals surface area contributed by atoms with E-state index in [0.717, 1.165) is 35.1 Å². The van der Waals surface area contributed by atoms with Crippen LogP contribution in [0.25, 0.3) is 17.1 Å². The Morgan fingerprint density at radius 1 is 1.12 bits per heavy atom. The lowest BCUT2D eigenvalue weighted by Gasteiger charge is -2.22. The maximum Gasteiger partial charge on any atom is 0.144 e. The fraction of sp³-hybridized carbons (Fsp3) is 0.318. The molecule has 1 aromatic heterocycles. The number of hydrogen-bond acceptors (Lipinski definition) is 1. The van der Waals surface area contributed by atoms with Crippen LogP contribution in [0.3, 0.4) is 0 Å². The molecule has 3 heteroatoms. The summed E-state index contributed by atoms with van der Waals surface area (Å²) in [6, 6.07) is 15.0. The van der Waals surface area contributed by atoms with Gasteiger partial charge in [-0.2, -0.15) is 0 Å². The molecule has 0 saturated heterocycles. The van der Waals surface area contributed by atoms with Crippen LogP contribution in [0.1, 0.15) is 50.7 Å². The van der Waals surface area contributed by atoms with Gasteiger partial charge in [-0.15, -0.1) is 0 Å². The third-order valence-electron chi connectivity index (χ3n) is 4.76. The molecular formula is C22H25BrN2. The molecule has 0 N–H and O–H groups in total. The molecule has 1 unspecified atom stereocenters. The fourth-order valence-corrected chi connectivity index (χ4v) is 3.84. The average Bonchev–Trinajstić information content (AvgIpc) is 3.11. The lowest BCUT2D eigenvalue weighted by molar-refractivity contribution is 0.722. The Morgan fingerprint density at radius 2 is 1.88 bits per heavy atom. The number of aromatic nitrogens is 2. The van der Waals surface area contributed by atoms with Crippen molar-refractivity contribution < 1.29 is 0 Å². The Kier molecular flexibility index (Phi) is 5.74. The summed E-state index contributed by atoms with van der Waals surface area (Å²) in [6.07, 6.45) is 7.30. The topological polar surface area (TPSA) is 17.8 Å². The second-order valence-corrected chi connectivity index (χ2v) is 7.46. The van der Waals surface area contributed by atoms with E-state index in [1.54, 1.807) is 0 Å². The van der Waals surface area contributed by atoms with Crippen LogP contribution < -0.4 is 0 Å². The standard InChI is InChI=1S/C22H25BrN2/c1-4-9-18-14-19(23)15-20(16(3)5-2)21(18)25-13-12-24-22(25)17-10-7-6-8-11-17/h6-8,10-16H,4-5,9H2,1-3H3. The summed E-state index contributed by atoms with van der Waals surface area (Å²) in [5, 5.41) is 0. The molecule has 1 heterocycles. The van der Waals surface area contributed by atoms with Crippen LogP contribution in [-0.2, 0) is 6.42 Å². The summed E-state index contributed by atoms with van der Waals surface area (Å²) in [6.45, 7) is 6.79. The second-order valence-electron chi connectivity index (χ2n) is 6.55. The highest BCUT2D eigenvalue weighted by Crippen LogP contribution is 2.35. The minimum Gasteiger partial charge on any atom is -0.299 e. The number of imidazole rings is 1. The van der Waals surface area contributed by atoms with E-state index in [0.29, 0.717) is 5.92 Å². The van der Waals surface area contributed by atoms with Gasteiger partial charge in [0.05, 0.1) is 5.69 Å². The first-order valence-electron chi connectivity index (χ1n) is 9.07. The van der Waals surface area contributed by atoms with Gasteiger partial charge in [0.2, 0.25) is 0 Å². The molecular weight excluding hydrogens is 372 g/mol. The molecule has 0 amide bonds. The third kappa shape index (κ3) is 3.72. The zero-order chi connectivity index (χ0) is 17.8. The molecule has 2 aromatic carbocycles. The predicted octanol–water partition coefficient (Wildman–Crippen LogP) is 6.77. The quantitative estimate of drug-likeness (QED) is 0.449. The molecule has 1 atom stereocenters. The van der Waals surface area contributed by atoms with Gasteiger partial charge in [-0.1, -0.05) is 73.5 Å². The van der Waals surface area contributed by atoms with Crippen molar-refractivity contribution in [2.24, 2.45) is 0 Å². The zero-order valence-electron chi connectivity index (χ0n) is 15.2. The number of nitrogens with zero attached hydrogens (tertiary/aromatic N) is 2. The van der Waals surface area contributed by atoms with E-state index in [-0.39, 0.29) is 0 Å². The highest BCUT2D eigenvalue weighted by atomic mass is 79.9. The van der Waals surface area contributed by atoms with E-state index in [1.807, 2.05) is 12.3 Å². The number of rotatable bonds is 6. The number of benzene rings is 2. The Morgan fingerprint density at radius 3 is 2.56 bits per heavy atom. The number of aryl methyl sites for hydroxylation is 1. The molecule has 0 fully saturated rings. The van der Waals surface area contributed by atoms with Gasteiger partial charge in [-0.3, -0.25) is 4.57 Å². The van der Waals surface area contributed by atoms with E-state index >= 15 is 0 Å². The van der Waals surface area contributed by atoms with Crippen molar-refractivity contribution in [2.75, 3.05) is 0 Å². The SMILES string of the molecule is CCCc1cc(Br)cc(C(C)CC)c1-n1ccnc1-c1ccccc1. The first-order valence-corrected chi connectivity index (χ1v) is 9.86. The van der Waals surface area contributed by atoms with Gasteiger partial charge >= 0.3 is 0 Å². The van der Waals surface area contributed by atoms with Gasteiger partial charge in [0.15, 0.2) is 0 Å². The first kappa shape index (κ1) is 17.9. The van der Waals surface area contributed by atoms with Crippen LogP contribution in [0, 0.1) is 0 Å². The summed E-state index contributed by atoms with van der Waals surface area (Å²) in [5.41, 5.74) is 5.21. The molecule has 130 valence electrons. The fourth-order valence-electron chi connectivity index (χ4n) is 3.31. The Labute approximate surface area is 159 Å². The smallest absolute Gasteiger partial charge is 0.144 e. The predicted molar refractivity (Wildman–Crippen MR) is 109 cm³/mol. The van der Waals surface area contributed by atoms with E-state index < -0.39 is 0 Å². The molecule has 0 aliphatic rings. The highest BCUT2D eigenvalue weighted by Gasteiger charge is 2.18. The van der Waals surface area contributed by atoms with Crippen LogP contribution in [-0.4, -0.2) is 9.55 Å². The van der Waals surface area contributed by atoms with Crippen molar-refractivity contribution >= 4 is 15.9 Å². The summed E-state index contributed by atoms with van der Waals surface area (Å²) >= 11 is 3.72. The van der Waals surface area contributed by atoms with Crippen LogP contribution >= 0.6 is 15.9 Å². The van der Waals surface area contributed by atoms with E-state index in [4.69, 9.17) is 0 Å². The lowest BCUT2D eigenvalue weighted by Crippen LogP contribution is -2.08. The van der Waals surface area contributed by atoms with Crippen LogP contribution in [0.5, 0.6) is 0 Å². The van der Waals surface area contributed by atoms with Gasteiger partial charge in [0, 0.05) is 22.4 Å². The Balaban J connectivity index is 2.25. The van der Waals surface area contributed by atoms with Gasteiger partial charge in [-0.25, -0.2) is 4.98 Å². The Bertz CT molecular complexity index is 836. The maximum atomic E-state index is 4.66. The molecule has 0 bridgehead atoms. The summed E-state index contributed by atoms with van der Waals surface area (Å²) in [5.74, 6) is 1.50. The van der Waals surface area contributed by atoms with E-state index in [2.05, 4.69) is 88.8 Å². The monoisotopic (exact) mass is 396 g/mol. The van der Waals surface area contributed by atoms with E-state index in [1.165, 1.54) is 16.8 Å². The lowest BCUT2D eigenvalue weighted by atomic mass is 9.92. The van der Waals surface area contributed by atoms with Gasteiger partial charge in [-0.05, 0) is 42.0 Å². The van der Waals surface area contributed by atoms with Crippen molar-refractivity contribution in [1.82, 2.24) is 9.55 Å². The Hall–Kier alpha value is -1.87.